The van der Waals surface area contributed by atoms with E-state index < -0.39 is 9.84 Å². The molecule has 0 N–H and O–H groups in total. The van der Waals surface area contributed by atoms with Gasteiger partial charge in [0.15, 0.2) is 9.84 Å². The average Bonchev–Trinajstić information content (AvgIpc) is 1.99. The first-order valence-corrected chi connectivity index (χ1v) is 5.78. The van der Waals surface area contributed by atoms with Crippen molar-refractivity contribution in [2.24, 2.45) is 5.92 Å². The van der Waals surface area contributed by atoms with Gasteiger partial charge in [-0.05, 0) is 24.8 Å². The Kier molecular flexibility index (Phi) is 3.03. The topological polar surface area (TPSA) is 51.2 Å². The van der Waals surface area contributed by atoms with Crippen molar-refractivity contribution in [2.45, 2.75) is 12.8 Å². The molecule has 1 heterocycles. The molecule has 1 saturated heterocycles. The Morgan fingerprint density at radius 1 is 1.33 bits per heavy atom. The summed E-state index contributed by atoms with van der Waals surface area (Å²) in [5, 5.41) is 0. The molecule has 0 spiro atoms. The molecule has 0 saturated carbocycles. The maximum atomic E-state index is 11.1. The van der Waals surface area contributed by atoms with Crippen LogP contribution in [-0.4, -0.2) is 26.2 Å². The molecule has 3 nitrogen and oxygen atoms in total. The summed E-state index contributed by atoms with van der Waals surface area (Å²) in [6.45, 7) is 0. The predicted molar refractivity (Wildman–Crippen MR) is 46.6 cm³/mol. The van der Waals surface area contributed by atoms with Crippen molar-refractivity contribution in [2.75, 3.05) is 11.5 Å². The summed E-state index contributed by atoms with van der Waals surface area (Å²) >= 11 is 0. The van der Waals surface area contributed by atoms with Gasteiger partial charge in [-0.2, -0.15) is 0 Å². The molecule has 1 fully saturated rings. The Hall–Kier alpha value is -0.640. The Labute approximate surface area is 72.4 Å². The van der Waals surface area contributed by atoms with Crippen molar-refractivity contribution in [3.8, 4) is 0 Å². The summed E-state index contributed by atoms with van der Waals surface area (Å²) in [6.07, 6.45) is 5.34. The maximum absolute atomic E-state index is 11.1. The third-order valence-electron chi connectivity index (χ3n) is 1.96. The molecular weight excluding hydrogens is 176 g/mol. The van der Waals surface area contributed by atoms with Crippen molar-refractivity contribution in [3.63, 3.8) is 0 Å². The summed E-state index contributed by atoms with van der Waals surface area (Å²) in [7, 11) is -2.83. The van der Waals surface area contributed by atoms with Gasteiger partial charge in [0.05, 0.1) is 11.5 Å². The Morgan fingerprint density at radius 2 is 2.08 bits per heavy atom. The molecular formula is C8H12O3S. The molecule has 0 radical (unpaired) electrons. The van der Waals surface area contributed by atoms with Crippen LogP contribution in [0, 0.1) is 5.92 Å². The smallest absolute Gasteiger partial charge is 0.150 e. The van der Waals surface area contributed by atoms with Gasteiger partial charge < -0.3 is 0 Å². The van der Waals surface area contributed by atoms with E-state index in [1.165, 1.54) is 6.08 Å². The number of carbonyl (C=O) groups is 1. The highest BCUT2D eigenvalue weighted by Gasteiger charge is 2.22. The highest BCUT2D eigenvalue weighted by atomic mass is 32.2. The molecule has 1 aliphatic heterocycles. The van der Waals surface area contributed by atoms with Crippen molar-refractivity contribution in [1.82, 2.24) is 0 Å². The fraction of sp³-hybridized carbons (Fsp3) is 0.625. The molecule has 12 heavy (non-hydrogen) atoms. The Balaban J connectivity index is 2.58. The summed E-state index contributed by atoms with van der Waals surface area (Å²) in [5.74, 6) is 0.560. The normalized spacial score (nSPS) is 28.8. The van der Waals surface area contributed by atoms with E-state index in [0.717, 1.165) is 12.8 Å². The van der Waals surface area contributed by atoms with Crippen LogP contribution in [0.25, 0.3) is 0 Å². The third-order valence-corrected chi connectivity index (χ3v) is 3.81. The van der Waals surface area contributed by atoms with Crippen molar-refractivity contribution < 1.29 is 13.2 Å². The molecule has 0 aliphatic carbocycles. The molecule has 68 valence electrons. The molecule has 1 unspecified atom stereocenters. The zero-order chi connectivity index (χ0) is 9.03. The molecule has 0 bridgehead atoms. The van der Waals surface area contributed by atoms with Crippen LogP contribution >= 0.6 is 0 Å². The number of rotatable bonds is 2. The van der Waals surface area contributed by atoms with E-state index >= 15 is 0 Å². The first-order valence-electron chi connectivity index (χ1n) is 3.96. The number of allylic oxidation sites excluding steroid dienone is 2. The number of hydrogen-bond acceptors (Lipinski definition) is 3. The van der Waals surface area contributed by atoms with E-state index in [0.29, 0.717) is 12.0 Å². The minimum absolute atomic E-state index is 0.0500. The molecule has 0 aromatic carbocycles. The van der Waals surface area contributed by atoms with Gasteiger partial charge >= 0.3 is 0 Å². The van der Waals surface area contributed by atoms with Crippen LogP contribution in [0.4, 0.5) is 0 Å². The van der Waals surface area contributed by atoms with Crippen molar-refractivity contribution >= 4 is 16.1 Å². The highest BCUT2D eigenvalue weighted by Crippen LogP contribution is 2.18. The minimum atomic E-state index is -2.83. The van der Waals surface area contributed by atoms with Crippen molar-refractivity contribution in [1.29, 1.82) is 0 Å². The molecule has 4 heteroatoms. The molecule has 1 rings (SSSR count). The molecule has 1 atom stereocenters. The fourth-order valence-corrected chi connectivity index (χ4v) is 3.12. The minimum Gasteiger partial charge on any atom is -0.299 e. The third kappa shape index (κ3) is 2.77. The van der Waals surface area contributed by atoms with Crippen LogP contribution in [0.1, 0.15) is 12.8 Å². The van der Waals surface area contributed by atoms with Crippen LogP contribution in [0.3, 0.4) is 0 Å². The van der Waals surface area contributed by atoms with Gasteiger partial charge in [0.1, 0.15) is 6.29 Å². The lowest BCUT2D eigenvalue weighted by atomic mass is 10.1. The number of hydrogen-bond donors (Lipinski definition) is 0. The van der Waals surface area contributed by atoms with Gasteiger partial charge in [-0.15, -0.1) is 0 Å². The fourth-order valence-electron chi connectivity index (χ4n) is 1.41. The standard InChI is InChI=1S/C8H12O3S/c9-5-1-3-8-4-2-6-12(10,11)7-8/h1,3,5,8H,2,4,6-7H2/b3-1+. The second-order valence-electron chi connectivity index (χ2n) is 3.04. The summed E-state index contributed by atoms with van der Waals surface area (Å²) in [5.41, 5.74) is 0. The largest absolute Gasteiger partial charge is 0.299 e. The zero-order valence-electron chi connectivity index (χ0n) is 6.77. The van der Waals surface area contributed by atoms with Gasteiger partial charge in [-0.25, -0.2) is 8.42 Å². The number of sulfone groups is 1. The number of carbonyl (C=O) groups excluding carboxylic acids is 1. The average molecular weight is 188 g/mol. The molecule has 0 aromatic rings. The molecule has 0 amide bonds. The molecule has 0 aromatic heterocycles. The monoisotopic (exact) mass is 188 g/mol. The maximum Gasteiger partial charge on any atom is 0.150 e. The summed E-state index contributed by atoms with van der Waals surface area (Å²) < 4.78 is 22.2. The van der Waals surface area contributed by atoms with Gasteiger partial charge in [0.2, 0.25) is 0 Å². The first-order chi connectivity index (χ1) is 5.64. The van der Waals surface area contributed by atoms with E-state index in [1.807, 2.05) is 0 Å². The van der Waals surface area contributed by atoms with Crippen LogP contribution in [0.5, 0.6) is 0 Å². The predicted octanol–water partition coefficient (Wildman–Crippen LogP) is 0.566. The summed E-state index contributed by atoms with van der Waals surface area (Å²) in [4.78, 5) is 9.97. The number of aldehydes is 1. The summed E-state index contributed by atoms with van der Waals surface area (Å²) in [6, 6.07) is 0. The van der Waals surface area contributed by atoms with E-state index in [2.05, 4.69) is 0 Å². The van der Waals surface area contributed by atoms with Gasteiger partial charge in [0, 0.05) is 0 Å². The lowest BCUT2D eigenvalue weighted by Gasteiger charge is -2.17. The van der Waals surface area contributed by atoms with E-state index in [4.69, 9.17) is 0 Å². The Morgan fingerprint density at radius 3 is 2.67 bits per heavy atom. The van der Waals surface area contributed by atoms with Gasteiger partial charge in [0.25, 0.3) is 0 Å². The van der Waals surface area contributed by atoms with E-state index in [1.54, 1.807) is 6.08 Å². The van der Waals surface area contributed by atoms with Crippen molar-refractivity contribution in [3.05, 3.63) is 12.2 Å². The second kappa shape index (κ2) is 3.85. The van der Waals surface area contributed by atoms with Crippen LogP contribution in [0.2, 0.25) is 0 Å². The van der Waals surface area contributed by atoms with Gasteiger partial charge in [-0.1, -0.05) is 6.08 Å². The van der Waals surface area contributed by atoms with E-state index in [-0.39, 0.29) is 11.7 Å². The van der Waals surface area contributed by atoms with Gasteiger partial charge in [-0.3, -0.25) is 4.79 Å². The highest BCUT2D eigenvalue weighted by molar-refractivity contribution is 7.91. The Bertz CT molecular complexity index is 277. The van der Waals surface area contributed by atoms with Crippen LogP contribution in [-0.2, 0) is 14.6 Å². The lowest BCUT2D eigenvalue weighted by Crippen LogP contribution is -2.23. The SMILES string of the molecule is O=C/C=C/C1CCCS(=O)(=O)C1. The lowest BCUT2D eigenvalue weighted by molar-refractivity contribution is -0.104. The second-order valence-corrected chi connectivity index (χ2v) is 5.27. The quantitative estimate of drug-likeness (QED) is 0.470. The van der Waals surface area contributed by atoms with Crippen LogP contribution < -0.4 is 0 Å². The zero-order valence-corrected chi connectivity index (χ0v) is 7.59. The first kappa shape index (κ1) is 9.45. The molecule has 1 aliphatic rings. The van der Waals surface area contributed by atoms with E-state index in [9.17, 15) is 13.2 Å². The van der Waals surface area contributed by atoms with Crippen LogP contribution in [0.15, 0.2) is 12.2 Å².